The summed E-state index contributed by atoms with van der Waals surface area (Å²) in [6.07, 6.45) is 2.50. The molecular weight excluding hydrogens is 212 g/mol. The van der Waals surface area contributed by atoms with Gasteiger partial charge in [0.15, 0.2) is 9.84 Å². The van der Waals surface area contributed by atoms with Gasteiger partial charge in [0.1, 0.15) is 10.7 Å². The maximum absolute atomic E-state index is 11.2. The summed E-state index contributed by atoms with van der Waals surface area (Å²) >= 11 is 5.63. The Bertz CT molecular complexity index is 417. The van der Waals surface area contributed by atoms with E-state index < -0.39 is 9.84 Å². The van der Waals surface area contributed by atoms with E-state index >= 15 is 0 Å². The Morgan fingerprint density at radius 3 is 2.62 bits per heavy atom. The first-order valence-electron chi connectivity index (χ1n) is 3.48. The average Bonchev–Trinajstić information content (AvgIpc) is 2.03. The van der Waals surface area contributed by atoms with Gasteiger partial charge >= 0.3 is 0 Å². The molecule has 0 aliphatic heterocycles. The average molecular weight is 221 g/mol. The number of halogens is 1. The lowest BCUT2D eigenvalue weighted by atomic mass is 10.4. The van der Waals surface area contributed by atoms with Gasteiger partial charge in [0.05, 0.1) is 5.02 Å². The number of pyridine rings is 1. The molecule has 0 radical (unpaired) electrons. The van der Waals surface area contributed by atoms with Crippen molar-refractivity contribution >= 4 is 27.3 Å². The van der Waals surface area contributed by atoms with E-state index in [2.05, 4.69) is 10.3 Å². The molecule has 0 amide bonds. The zero-order valence-corrected chi connectivity index (χ0v) is 8.78. The van der Waals surface area contributed by atoms with Crippen LogP contribution in [0.2, 0.25) is 5.02 Å². The van der Waals surface area contributed by atoms with Gasteiger partial charge in [-0.3, -0.25) is 0 Å². The maximum atomic E-state index is 11.2. The van der Waals surface area contributed by atoms with Crippen LogP contribution in [0.25, 0.3) is 0 Å². The van der Waals surface area contributed by atoms with Gasteiger partial charge in [-0.2, -0.15) is 0 Å². The molecule has 6 heteroatoms. The molecule has 1 aromatic heterocycles. The van der Waals surface area contributed by atoms with Crippen molar-refractivity contribution in [1.82, 2.24) is 4.98 Å². The van der Waals surface area contributed by atoms with E-state index in [1.54, 1.807) is 7.05 Å². The summed E-state index contributed by atoms with van der Waals surface area (Å²) in [7, 11) is -1.68. The van der Waals surface area contributed by atoms with Crippen LogP contribution in [-0.2, 0) is 9.84 Å². The minimum atomic E-state index is -3.28. The van der Waals surface area contributed by atoms with Gasteiger partial charge in [-0.25, -0.2) is 13.4 Å². The fourth-order valence-electron chi connectivity index (χ4n) is 0.891. The molecule has 1 rings (SSSR count). The highest BCUT2D eigenvalue weighted by Gasteiger charge is 2.13. The lowest BCUT2D eigenvalue weighted by Gasteiger charge is -2.05. The first-order valence-corrected chi connectivity index (χ1v) is 5.75. The lowest BCUT2D eigenvalue weighted by Crippen LogP contribution is -2.04. The minimum absolute atomic E-state index is 0.113. The fraction of sp³-hybridized carbons (Fsp3) is 0.286. The highest BCUT2D eigenvalue weighted by molar-refractivity contribution is 7.90. The Balaban J connectivity index is 3.41. The van der Waals surface area contributed by atoms with Gasteiger partial charge < -0.3 is 5.32 Å². The van der Waals surface area contributed by atoms with E-state index in [1.807, 2.05) is 0 Å². The van der Waals surface area contributed by atoms with Crippen molar-refractivity contribution in [2.45, 2.75) is 4.90 Å². The molecule has 0 bridgehead atoms. The summed E-state index contributed by atoms with van der Waals surface area (Å²) in [5.41, 5.74) is 0. The van der Waals surface area contributed by atoms with Crippen LogP contribution < -0.4 is 5.32 Å². The largest absolute Gasteiger partial charge is 0.372 e. The summed E-state index contributed by atoms with van der Waals surface area (Å²) < 4.78 is 22.5. The second-order valence-corrected chi connectivity index (χ2v) is 4.94. The highest BCUT2D eigenvalue weighted by atomic mass is 35.5. The van der Waals surface area contributed by atoms with Crippen molar-refractivity contribution in [3.8, 4) is 0 Å². The van der Waals surface area contributed by atoms with Crippen molar-refractivity contribution in [3.63, 3.8) is 0 Å². The number of hydrogen-bond acceptors (Lipinski definition) is 4. The maximum Gasteiger partial charge on any atom is 0.179 e. The third kappa shape index (κ3) is 2.32. The molecule has 0 fully saturated rings. The normalized spacial score (nSPS) is 11.3. The molecule has 0 aliphatic carbocycles. The molecule has 1 N–H and O–H groups in total. The molecule has 0 saturated carbocycles. The van der Waals surface area contributed by atoms with E-state index in [4.69, 9.17) is 11.6 Å². The zero-order valence-electron chi connectivity index (χ0n) is 7.20. The van der Waals surface area contributed by atoms with Crippen LogP contribution in [0.5, 0.6) is 0 Å². The Kier molecular flexibility index (Phi) is 2.77. The molecule has 4 nitrogen and oxygen atoms in total. The van der Waals surface area contributed by atoms with Crippen molar-refractivity contribution < 1.29 is 8.42 Å². The standard InChI is InChI=1S/C7H9ClN2O2S/c1-9-7-6(13(2,11)12)3-5(8)4-10-7/h3-4H,1-2H3,(H,9,10). The van der Waals surface area contributed by atoms with Crippen LogP contribution in [-0.4, -0.2) is 26.7 Å². The third-order valence-electron chi connectivity index (χ3n) is 1.46. The summed E-state index contributed by atoms with van der Waals surface area (Å²) in [6.45, 7) is 0. The Hall–Kier alpha value is -0.810. The molecule has 13 heavy (non-hydrogen) atoms. The van der Waals surface area contributed by atoms with Crippen LogP contribution in [0.3, 0.4) is 0 Å². The van der Waals surface area contributed by atoms with E-state index in [9.17, 15) is 8.42 Å². The van der Waals surface area contributed by atoms with Crippen molar-refractivity contribution in [3.05, 3.63) is 17.3 Å². The second kappa shape index (κ2) is 3.51. The number of anilines is 1. The number of sulfone groups is 1. The first-order chi connectivity index (χ1) is 5.95. The van der Waals surface area contributed by atoms with Gasteiger partial charge in [0.25, 0.3) is 0 Å². The van der Waals surface area contributed by atoms with Gasteiger partial charge in [-0.1, -0.05) is 11.6 Å². The van der Waals surface area contributed by atoms with Crippen LogP contribution in [0.4, 0.5) is 5.82 Å². The van der Waals surface area contributed by atoms with Gasteiger partial charge in [-0.05, 0) is 6.07 Å². The van der Waals surface area contributed by atoms with Crippen molar-refractivity contribution in [2.24, 2.45) is 0 Å². The van der Waals surface area contributed by atoms with Crippen LogP contribution in [0.15, 0.2) is 17.2 Å². The molecule has 1 aromatic rings. The monoisotopic (exact) mass is 220 g/mol. The lowest BCUT2D eigenvalue weighted by molar-refractivity contribution is 0.602. The smallest absolute Gasteiger partial charge is 0.179 e. The van der Waals surface area contributed by atoms with Crippen molar-refractivity contribution in [2.75, 3.05) is 18.6 Å². The second-order valence-electron chi connectivity index (χ2n) is 2.52. The van der Waals surface area contributed by atoms with Crippen LogP contribution in [0.1, 0.15) is 0 Å². The van der Waals surface area contributed by atoms with Gasteiger partial charge in [0, 0.05) is 19.5 Å². The van der Waals surface area contributed by atoms with Crippen LogP contribution in [0, 0.1) is 0 Å². The molecule has 1 heterocycles. The summed E-state index contributed by atoms with van der Waals surface area (Å²) in [5.74, 6) is 0.312. The summed E-state index contributed by atoms with van der Waals surface area (Å²) in [5, 5.41) is 2.99. The molecule has 0 unspecified atom stereocenters. The van der Waals surface area contributed by atoms with Gasteiger partial charge in [-0.15, -0.1) is 0 Å². The van der Waals surface area contributed by atoms with Gasteiger partial charge in [0.2, 0.25) is 0 Å². The predicted octanol–water partition coefficient (Wildman–Crippen LogP) is 1.18. The molecule has 0 saturated heterocycles. The number of rotatable bonds is 2. The summed E-state index contributed by atoms with van der Waals surface area (Å²) in [4.78, 5) is 3.95. The van der Waals surface area contributed by atoms with E-state index in [0.717, 1.165) is 6.26 Å². The third-order valence-corrected chi connectivity index (χ3v) is 2.77. The molecule has 72 valence electrons. The van der Waals surface area contributed by atoms with E-state index in [0.29, 0.717) is 10.8 Å². The SMILES string of the molecule is CNc1ncc(Cl)cc1S(C)(=O)=O. The quantitative estimate of drug-likeness (QED) is 0.813. The van der Waals surface area contributed by atoms with Crippen molar-refractivity contribution in [1.29, 1.82) is 0 Å². The molecular formula is C7H9ClN2O2S. The topological polar surface area (TPSA) is 59.1 Å². The fourth-order valence-corrected chi connectivity index (χ4v) is 1.96. The first kappa shape index (κ1) is 10.3. The van der Waals surface area contributed by atoms with E-state index in [1.165, 1.54) is 12.3 Å². The number of nitrogens with zero attached hydrogens (tertiary/aromatic N) is 1. The Labute approximate surface area is 81.9 Å². The Morgan fingerprint density at radius 1 is 1.54 bits per heavy atom. The number of nitrogens with one attached hydrogen (secondary N) is 1. The molecule has 0 atom stereocenters. The number of hydrogen-bond donors (Lipinski definition) is 1. The molecule has 0 spiro atoms. The van der Waals surface area contributed by atoms with E-state index in [-0.39, 0.29) is 4.90 Å². The highest BCUT2D eigenvalue weighted by Crippen LogP contribution is 2.21. The minimum Gasteiger partial charge on any atom is -0.372 e. The van der Waals surface area contributed by atoms with Crippen LogP contribution >= 0.6 is 11.6 Å². The predicted molar refractivity (Wildman–Crippen MR) is 51.9 cm³/mol. The number of aromatic nitrogens is 1. The molecule has 0 aromatic carbocycles. The zero-order chi connectivity index (χ0) is 10.1. The summed E-state index contributed by atoms with van der Waals surface area (Å²) in [6, 6.07) is 1.37. The molecule has 0 aliphatic rings. The Morgan fingerprint density at radius 2 is 2.15 bits per heavy atom.